The van der Waals surface area contributed by atoms with Gasteiger partial charge in [-0.25, -0.2) is 0 Å². The molecule has 2 heterocycles. The predicted molar refractivity (Wildman–Crippen MR) is 101 cm³/mol. The molecule has 3 aromatic rings. The third-order valence-electron chi connectivity index (χ3n) is 3.19. The minimum Gasteiger partial charge on any atom is -0.396 e. The molecule has 0 bridgehead atoms. The van der Waals surface area contributed by atoms with Crippen LogP contribution in [0.2, 0.25) is 10.0 Å². The molecule has 0 radical (unpaired) electrons. The zero-order valence-corrected chi connectivity index (χ0v) is 15.1. The zero-order chi connectivity index (χ0) is 17.3. The summed E-state index contributed by atoms with van der Waals surface area (Å²) in [6, 6.07) is 10.7. The summed E-state index contributed by atoms with van der Waals surface area (Å²) in [4.78, 5) is 13.3. The monoisotopic (exact) mass is 393 g/mol. The first-order valence-electron chi connectivity index (χ1n) is 6.64. The van der Waals surface area contributed by atoms with Gasteiger partial charge in [-0.15, -0.1) is 22.7 Å². The molecule has 0 aliphatic rings. The van der Waals surface area contributed by atoms with Crippen molar-refractivity contribution in [2.75, 3.05) is 11.1 Å². The largest absolute Gasteiger partial charge is 0.396 e. The summed E-state index contributed by atoms with van der Waals surface area (Å²) < 4.78 is 0. The van der Waals surface area contributed by atoms with Gasteiger partial charge in [-0.2, -0.15) is 5.26 Å². The van der Waals surface area contributed by atoms with Crippen molar-refractivity contribution >= 4 is 68.0 Å². The van der Waals surface area contributed by atoms with Crippen LogP contribution in [0.4, 0.5) is 16.4 Å². The van der Waals surface area contributed by atoms with E-state index in [9.17, 15) is 10.1 Å². The van der Waals surface area contributed by atoms with Crippen LogP contribution in [-0.2, 0) is 0 Å². The summed E-state index contributed by atoms with van der Waals surface area (Å²) in [5.41, 5.74) is 7.16. The Morgan fingerprint density at radius 2 is 1.88 bits per heavy atom. The van der Waals surface area contributed by atoms with Crippen LogP contribution in [0.3, 0.4) is 0 Å². The Morgan fingerprint density at radius 3 is 2.46 bits per heavy atom. The number of halogens is 2. The average molecular weight is 394 g/mol. The molecular weight excluding hydrogens is 385 g/mol. The molecule has 24 heavy (non-hydrogen) atoms. The van der Waals surface area contributed by atoms with Crippen molar-refractivity contribution in [1.82, 2.24) is 0 Å². The molecule has 0 aliphatic carbocycles. The Hall–Kier alpha value is -2.04. The number of benzene rings is 1. The third-order valence-corrected chi connectivity index (χ3v) is 5.90. The molecule has 0 atom stereocenters. The topological polar surface area (TPSA) is 78.9 Å². The highest BCUT2D eigenvalue weighted by molar-refractivity contribution is 7.20. The third kappa shape index (κ3) is 3.12. The van der Waals surface area contributed by atoms with E-state index in [-0.39, 0.29) is 17.0 Å². The average Bonchev–Trinajstić information content (AvgIpc) is 3.12. The molecule has 0 fully saturated rings. The lowest BCUT2D eigenvalue weighted by Gasteiger charge is -2.03. The Bertz CT molecular complexity index is 955. The van der Waals surface area contributed by atoms with Crippen LogP contribution in [0.1, 0.15) is 20.1 Å². The van der Waals surface area contributed by atoms with Gasteiger partial charge in [0.15, 0.2) is 0 Å². The molecule has 0 amide bonds. The fraction of sp³-hybridized carbons (Fsp3) is 0. The van der Waals surface area contributed by atoms with E-state index >= 15 is 0 Å². The number of carbonyl (C=O) groups excluding carboxylic acids is 1. The van der Waals surface area contributed by atoms with Gasteiger partial charge < -0.3 is 11.1 Å². The van der Waals surface area contributed by atoms with Crippen LogP contribution in [0, 0.1) is 11.3 Å². The number of anilines is 3. The summed E-state index contributed by atoms with van der Waals surface area (Å²) in [6.45, 7) is 0. The van der Waals surface area contributed by atoms with Crippen molar-refractivity contribution in [1.29, 1.82) is 5.26 Å². The maximum atomic E-state index is 12.6. The Morgan fingerprint density at radius 1 is 1.17 bits per heavy atom. The first kappa shape index (κ1) is 16.8. The van der Waals surface area contributed by atoms with Crippen LogP contribution in [0.25, 0.3) is 0 Å². The maximum Gasteiger partial charge on any atom is 0.216 e. The molecule has 0 spiro atoms. The molecule has 0 unspecified atom stereocenters. The minimum atomic E-state index is -0.279. The van der Waals surface area contributed by atoms with E-state index in [0.29, 0.717) is 24.8 Å². The number of ketones is 1. The quantitative estimate of drug-likeness (QED) is 0.569. The molecule has 4 nitrogen and oxygen atoms in total. The summed E-state index contributed by atoms with van der Waals surface area (Å²) in [5.74, 6) is -0.279. The lowest BCUT2D eigenvalue weighted by atomic mass is 10.2. The normalized spacial score (nSPS) is 10.4. The van der Waals surface area contributed by atoms with E-state index in [1.807, 2.05) is 6.07 Å². The Labute approximate surface area is 156 Å². The summed E-state index contributed by atoms with van der Waals surface area (Å²) in [7, 11) is 0. The van der Waals surface area contributed by atoms with Crippen molar-refractivity contribution in [2.45, 2.75) is 0 Å². The number of rotatable bonds is 4. The smallest absolute Gasteiger partial charge is 0.216 e. The van der Waals surface area contributed by atoms with E-state index in [0.717, 1.165) is 17.0 Å². The summed E-state index contributed by atoms with van der Waals surface area (Å²) in [5, 5.41) is 15.7. The highest BCUT2D eigenvalue weighted by Gasteiger charge is 2.24. The number of nitrogen functional groups attached to an aromatic ring is 1. The second-order valence-electron chi connectivity index (χ2n) is 4.72. The SMILES string of the molecule is N#Cc1c(Nc2ccc(Cl)cc2)sc(C(=O)c2sccc2Cl)c1N. The van der Waals surface area contributed by atoms with Gasteiger partial charge in [-0.05, 0) is 35.7 Å². The highest BCUT2D eigenvalue weighted by Crippen LogP contribution is 2.39. The molecule has 2 aromatic heterocycles. The number of hydrogen-bond acceptors (Lipinski definition) is 6. The van der Waals surface area contributed by atoms with Gasteiger partial charge in [0.05, 0.1) is 15.6 Å². The predicted octanol–water partition coefficient (Wildman–Crippen LogP) is 5.54. The van der Waals surface area contributed by atoms with Crippen LogP contribution in [-0.4, -0.2) is 5.78 Å². The lowest BCUT2D eigenvalue weighted by Crippen LogP contribution is -2.01. The van der Waals surface area contributed by atoms with E-state index in [4.69, 9.17) is 28.9 Å². The molecular formula is C16H9Cl2N3OS2. The van der Waals surface area contributed by atoms with Crippen molar-refractivity contribution in [3.05, 3.63) is 61.1 Å². The number of hydrogen-bond donors (Lipinski definition) is 2. The lowest BCUT2D eigenvalue weighted by molar-refractivity contribution is 0.104. The van der Waals surface area contributed by atoms with Gasteiger partial charge in [0.1, 0.15) is 21.5 Å². The highest BCUT2D eigenvalue weighted by atomic mass is 35.5. The fourth-order valence-electron chi connectivity index (χ4n) is 2.03. The standard InChI is InChI=1S/C16H9Cl2N3OS2/c17-8-1-3-9(4-2-8)21-16-10(7-19)12(20)15(24-16)13(22)14-11(18)5-6-23-14/h1-6,21H,20H2. The van der Waals surface area contributed by atoms with Gasteiger partial charge in [-0.3, -0.25) is 4.79 Å². The van der Waals surface area contributed by atoms with Crippen molar-refractivity contribution in [3.8, 4) is 6.07 Å². The second kappa shape index (κ2) is 6.83. The van der Waals surface area contributed by atoms with Crippen LogP contribution in [0.15, 0.2) is 35.7 Å². The fourth-order valence-corrected chi connectivity index (χ4v) is 4.35. The maximum absolute atomic E-state index is 12.6. The van der Waals surface area contributed by atoms with Crippen LogP contribution < -0.4 is 11.1 Å². The number of nitriles is 1. The minimum absolute atomic E-state index is 0.161. The number of thiophene rings is 2. The second-order valence-corrected chi connectivity index (χ2v) is 7.50. The first-order valence-corrected chi connectivity index (χ1v) is 9.09. The van der Waals surface area contributed by atoms with Gasteiger partial charge >= 0.3 is 0 Å². The summed E-state index contributed by atoms with van der Waals surface area (Å²) in [6.07, 6.45) is 0. The number of nitrogens with two attached hydrogens (primary N) is 1. The van der Waals surface area contributed by atoms with Gasteiger partial charge in [0.25, 0.3) is 0 Å². The number of nitrogens with one attached hydrogen (secondary N) is 1. The van der Waals surface area contributed by atoms with Gasteiger partial charge in [0, 0.05) is 10.7 Å². The van der Waals surface area contributed by atoms with E-state index in [1.165, 1.54) is 11.3 Å². The Kier molecular flexibility index (Phi) is 4.78. The van der Waals surface area contributed by atoms with Crippen molar-refractivity contribution < 1.29 is 4.79 Å². The van der Waals surface area contributed by atoms with E-state index in [2.05, 4.69) is 5.32 Å². The van der Waals surface area contributed by atoms with E-state index in [1.54, 1.807) is 35.7 Å². The summed E-state index contributed by atoms with van der Waals surface area (Å²) >= 11 is 14.3. The molecule has 3 N–H and O–H groups in total. The van der Waals surface area contributed by atoms with Crippen molar-refractivity contribution in [3.63, 3.8) is 0 Å². The van der Waals surface area contributed by atoms with Crippen LogP contribution >= 0.6 is 45.9 Å². The van der Waals surface area contributed by atoms with Gasteiger partial charge in [0.2, 0.25) is 5.78 Å². The molecule has 120 valence electrons. The number of nitrogens with zero attached hydrogens (tertiary/aromatic N) is 1. The van der Waals surface area contributed by atoms with Crippen LogP contribution in [0.5, 0.6) is 0 Å². The molecule has 0 aliphatic heterocycles. The zero-order valence-electron chi connectivity index (χ0n) is 12.0. The van der Waals surface area contributed by atoms with E-state index < -0.39 is 0 Å². The first-order chi connectivity index (χ1) is 11.5. The molecule has 0 saturated carbocycles. The van der Waals surface area contributed by atoms with Gasteiger partial charge in [-0.1, -0.05) is 23.2 Å². The molecule has 0 saturated heterocycles. The Balaban J connectivity index is 2.00. The molecule has 3 rings (SSSR count). The number of carbonyl (C=O) groups is 1. The molecule has 1 aromatic carbocycles. The molecule has 8 heteroatoms. The van der Waals surface area contributed by atoms with Crippen molar-refractivity contribution in [2.24, 2.45) is 0 Å².